The number of urea groups is 1. The number of nitrogens with one attached hydrogen (secondary N) is 3. The molecule has 3 amide bonds. The van der Waals surface area contributed by atoms with Crippen LogP contribution in [0.25, 0.3) is 22.2 Å². The van der Waals surface area contributed by atoms with Gasteiger partial charge < -0.3 is 21.5 Å². The molecule has 5 aromatic rings. The lowest BCUT2D eigenvalue weighted by Gasteiger charge is -2.12. The molecule has 0 aliphatic heterocycles. The molecule has 2 aromatic heterocycles. The monoisotopic (exact) mass is 603 g/mol. The number of halogens is 3. The Morgan fingerprint density at radius 2 is 1.52 bits per heavy atom. The fraction of sp³-hybridized carbons (Fsp3) is 0.161. The second kappa shape index (κ2) is 12.3. The number of aryl methyl sites for hydroxylation is 1. The molecule has 10 nitrogen and oxygen atoms in total. The first kappa shape index (κ1) is 29.9. The zero-order valence-corrected chi connectivity index (χ0v) is 23.4. The molecule has 0 radical (unpaired) electrons. The van der Waals surface area contributed by atoms with E-state index in [1.165, 1.54) is 12.1 Å². The molecule has 6 N–H and O–H groups in total. The van der Waals surface area contributed by atoms with Gasteiger partial charge in [-0.05, 0) is 72.5 Å². The molecule has 0 bridgehead atoms. The largest absolute Gasteiger partial charge is 0.465 e. The Morgan fingerprint density at radius 1 is 0.886 bits per heavy atom. The van der Waals surface area contributed by atoms with Crippen LogP contribution >= 0.6 is 0 Å². The number of benzene rings is 3. The van der Waals surface area contributed by atoms with Crippen molar-refractivity contribution in [2.24, 2.45) is 7.05 Å². The van der Waals surface area contributed by atoms with Crippen molar-refractivity contribution in [1.82, 2.24) is 14.8 Å². The number of aromatic nitrogens is 3. The first-order valence-electron chi connectivity index (χ1n) is 13.5. The van der Waals surface area contributed by atoms with Crippen LogP contribution in [0.1, 0.15) is 30.0 Å². The summed E-state index contributed by atoms with van der Waals surface area (Å²) in [5.41, 5.74) is 9.97. The third-order valence-corrected chi connectivity index (χ3v) is 6.76. The second-order valence-electron chi connectivity index (χ2n) is 10.1. The van der Waals surface area contributed by atoms with Crippen LogP contribution in [-0.4, -0.2) is 32.0 Å². The van der Waals surface area contributed by atoms with Gasteiger partial charge in [-0.1, -0.05) is 36.4 Å². The van der Waals surface area contributed by atoms with Gasteiger partial charge in [-0.2, -0.15) is 18.3 Å². The van der Waals surface area contributed by atoms with Crippen LogP contribution in [0.2, 0.25) is 0 Å². The number of alkyl halides is 3. The van der Waals surface area contributed by atoms with Gasteiger partial charge in [-0.3, -0.25) is 5.32 Å². The van der Waals surface area contributed by atoms with Crippen molar-refractivity contribution >= 4 is 46.0 Å². The minimum absolute atomic E-state index is 0.0442. The predicted molar refractivity (Wildman–Crippen MR) is 163 cm³/mol. The van der Waals surface area contributed by atoms with Crippen molar-refractivity contribution in [1.29, 1.82) is 0 Å². The van der Waals surface area contributed by atoms with Gasteiger partial charge in [0.15, 0.2) is 11.5 Å². The molecule has 6 rings (SSSR count). The van der Waals surface area contributed by atoms with Gasteiger partial charge >= 0.3 is 18.3 Å². The van der Waals surface area contributed by atoms with Crippen LogP contribution in [0.15, 0.2) is 84.9 Å². The Balaban J connectivity index is 0.000000328. The molecule has 226 valence electrons. The van der Waals surface area contributed by atoms with E-state index in [1.807, 2.05) is 31.3 Å². The number of nitrogens with zero attached hydrogens (tertiary/aromatic N) is 3. The Morgan fingerprint density at radius 3 is 2.16 bits per heavy atom. The van der Waals surface area contributed by atoms with Crippen molar-refractivity contribution in [3.05, 3.63) is 96.2 Å². The Hall–Kier alpha value is -5.59. The highest BCUT2D eigenvalue weighted by atomic mass is 19.4. The van der Waals surface area contributed by atoms with Crippen LogP contribution in [0.5, 0.6) is 0 Å². The summed E-state index contributed by atoms with van der Waals surface area (Å²) in [6, 6.07) is 21.7. The van der Waals surface area contributed by atoms with E-state index < -0.39 is 23.9 Å². The second-order valence-corrected chi connectivity index (χ2v) is 10.1. The van der Waals surface area contributed by atoms with Crippen LogP contribution < -0.4 is 21.7 Å². The Bertz CT molecular complexity index is 1800. The molecule has 0 unspecified atom stereocenters. The lowest BCUT2D eigenvalue weighted by atomic mass is 10.0. The number of nitrogen functional groups attached to an aromatic ring is 1. The molecule has 0 atom stereocenters. The SMILES string of the molecule is Cn1nc(N)c2c(-c3ccc(NC(=O)Nc4cccc(C(F)(F)F)c4)cc3)cc(C3CC3)nc21.O=C(O)Nc1ccccc1. The average molecular weight is 604 g/mol. The lowest BCUT2D eigenvalue weighted by molar-refractivity contribution is -0.137. The van der Waals surface area contributed by atoms with Gasteiger partial charge in [0.2, 0.25) is 0 Å². The lowest BCUT2D eigenvalue weighted by Crippen LogP contribution is -2.19. The molecule has 0 spiro atoms. The molecule has 44 heavy (non-hydrogen) atoms. The number of carbonyl (C=O) groups is 2. The van der Waals surface area contributed by atoms with Gasteiger partial charge in [0.1, 0.15) is 0 Å². The topological polar surface area (TPSA) is 147 Å². The maximum atomic E-state index is 12.9. The zero-order chi connectivity index (χ0) is 31.4. The highest BCUT2D eigenvalue weighted by Gasteiger charge is 2.30. The van der Waals surface area contributed by atoms with E-state index in [-0.39, 0.29) is 5.69 Å². The van der Waals surface area contributed by atoms with Gasteiger partial charge in [-0.25, -0.2) is 19.3 Å². The van der Waals surface area contributed by atoms with E-state index in [1.54, 1.807) is 41.1 Å². The van der Waals surface area contributed by atoms with E-state index in [0.717, 1.165) is 52.8 Å². The average Bonchev–Trinajstić information content (AvgIpc) is 3.79. The summed E-state index contributed by atoms with van der Waals surface area (Å²) in [7, 11) is 1.81. The van der Waals surface area contributed by atoms with Crippen molar-refractivity contribution in [3.63, 3.8) is 0 Å². The molecule has 13 heteroatoms. The van der Waals surface area contributed by atoms with Gasteiger partial charge in [0, 0.05) is 35.7 Å². The van der Waals surface area contributed by atoms with E-state index in [9.17, 15) is 22.8 Å². The number of hydrogen-bond acceptors (Lipinski definition) is 5. The van der Waals surface area contributed by atoms with Crippen molar-refractivity contribution < 1.29 is 27.9 Å². The van der Waals surface area contributed by atoms with E-state index >= 15 is 0 Å². The number of rotatable bonds is 5. The fourth-order valence-corrected chi connectivity index (χ4v) is 4.56. The summed E-state index contributed by atoms with van der Waals surface area (Å²) >= 11 is 0. The van der Waals surface area contributed by atoms with Crippen molar-refractivity contribution in [3.8, 4) is 11.1 Å². The number of para-hydroxylation sites is 1. The van der Waals surface area contributed by atoms with Gasteiger partial charge in [0.05, 0.1) is 10.9 Å². The molecule has 1 aliphatic rings. The third kappa shape index (κ3) is 7.24. The van der Waals surface area contributed by atoms with E-state index in [0.29, 0.717) is 23.1 Å². The molecular weight excluding hydrogens is 575 g/mol. The number of amides is 3. The number of hydrogen-bond donors (Lipinski definition) is 5. The first-order valence-corrected chi connectivity index (χ1v) is 13.5. The summed E-state index contributed by atoms with van der Waals surface area (Å²) < 4.78 is 40.3. The molecule has 1 saturated carbocycles. The number of nitrogens with two attached hydrogens (primary N) is 1. The van der Waals surface area contributed by atoms with E-state index in [4.69, 9.17) is 15.8 Å². The fourth-order valence-electron chi connectivity index (χ4n) is 4.56. The number of carboxylic acid groups (broad SMARTS) is 1. The van der Waals surface area contributed by atoms with Gasteiger partial charge in [-0.15, -0.1) is 0 Å². The Kier molecular flexibility index (Phi) is 8.38. The maximum absolute atomic E-state index is 12.9. The predicted octanol–water partition coefficient (Wildman–Crippen LogP) is 7.53. The maximum Gasteiger partial charge on any atom is 0.416 e. The molecule has 1 aliphatic carbocycles. The molecular formula is C31H28F3N7O3. The molecule has 0 saturated heterocycles. The number of pyridine rings is 1. The standard InChI is InChI=1S/C24H21F3N6O.C7H7NO2/c1-33-22-20(21(28)32-33)18(12-19(31-22)14-5-6-14)13-7-9-16(10-8-13)29-23(34)30-17-4-2-3-15(11-17)24(25,26)27;9-7(10)8-6-4-2-1-3-5-6/h2-4,7-12,14H,5-6H2,1H3,(H2,28,32)(H2,29,30,34);1-5,8H,(H,9,10). The van der Waals surface area contributed by atoms with E-state index in [2.05, 4.69) is 21.0 Å². The zero-order valence-electron chi connectivity index (χ0n) is 23.4. The molecule has 2 heterocycles. The highest BCUT2D eigenvalue weighted by Crippen LogP contribution is 2.42. The van der Waals surface area contributed by atoms with Crippen molar-refractivity contribution in [2.75, 3.05) is 21.7 Å². The minimum Gasteiger partial charge on any atom is -0.465 e. The normalized spacial score (nSPS) is 12.6. The third-order valence-electron chi connectivity index (χ3n) is 6.76. The van der Waals surface area contributed by atoms with Crippen LogP contribution in [-0.2, 0) is 13.2 Å². The first-order chi connectivity index (χ1) is 21.0. The van der Waals surface area contributed by atoms with Gasteiger partial charge in [0.25, 0.3) is 0 Å². The van der Waals surface area contributed by atoms with Crippen LogP contribution in [0.3, 0.4) is 0 Å². The van der Waals surface area contributed by atoms with Crippen LogP contribution in [0, 0.1) is 0 Å². The summed E-state index contributed by atoms with van der Waals surface area (Å²) in [4.78, 5) is 27.1. The van der Waals surface area contributed by atoms with Crippen molar-refractivity contribution in [2.45, 2.75) is 24.9 Å². The molecule has 3 aromatic carbocycles. The summed E-state index contributed by atoms with van der Waals surface area (Å²) in [6.07, 6.45) is -3.31. The quantitative estimate of drug-likeness (QED) is 0.140. The number of fused-ring (bicyclic) bond motifs is 1. The van der Waals surface area contributed by atoms with Crippen LogP contribution in [0.4, 0.5) is 45.6 Å². The minimum atomic E-state index is -4.49. The highest BCUT2D eigenvalue weighted by molar-refractivity contribution is 6.02. The summed E-state index contributed by atoms with van der Waals surface area (Å²) in [6.45, 7) is 0. The number of carbonyl (C=O) groups excluding carboxylic acids is 1. The summed E-state index contributed by atoms with van der Waals surface area (Å²) in [5.74, 6) is 0.838. The molecule has 1 fully saturated rings. The smallest absolute Gasteiger partial charge is 0.416 e. The summed E-state index contributed by atoms with van der Waals surface area (Å²) in [5, 5.41) is 20.6. The number of anilines is 4. The Labute approximate surface area is 249 Å².